The maximum absolute atomic E-state index is 13.4. The van der Waals surface area contributed by atoms with Crippen LogP contribution in [-0.4, -0.2) is 33.1 Å². The Bertz CT molecular complexity index is 1010. The average molecular weight is 442 g/mol. The first-order chi connectivity index (χ1) is 13.7. The molecule has 0 bridgehead atoms. The molecule has 0 fully saturated rings. The largest absolute Gasteiger partial charge is 0.422 e. The standard InChI is InChI=1S/C19H18ClF2N3O3S/c1-10(2)19(26)28-16-15-18(24-7-6-23-15)25(9-14(21)22)29(27)17(16)12-5-4-11(3)8-13(12)20/h4-8,10,14H,9H2,1-3H3. The predicted molar refractivity (Wildman–Crippen MR) is 107 cm³/mol. The van der Waals surface area contributed by atoms with Gasteiger partial charge in [-0.2, -0.15) is 0 Å². The van der Waals surface area contributed by atoms with Gasteiger partial charge in [-0.15, -0.1) is 0 Å². The molecule has 2 aromatic rings. The number of carbonyl (C=O) groups is 1. The fraction of sp³-hybridized carbons (Fsp3) is 0.316. The van der Waals surface area contributed by atoms with Crippen molar-refractivity contribution in [1.82, 2.24) is 9.97 Å². The van der Waals surface area contributed by atoms with Crippen molar-refractivity contribution in [1.29, 1.82) is 0 Å². The van der Waals surface area contributed by atoms with Gasteiger partial charge in [0.05, 0.1) is 12.5 Å². The second kappa shape index (κ2) is 8.54. The van der Waals surface area contributed by atoms with Crippen molar-refractivity contribution in [3.8, 4) is 0 Å². The Balaban J connectivity index is 2.29. The molecule has 10 heteroatoms. The lowest BCUT2D eigenvalue weighted by molar-refractivity contribution is -0.140. The van der Waals surface area contributed by atoms with Crippen LogP contribution in [0.2, 0.25) is 5.02 Å². The zero-order valence-electron chi connectivity index (χ0n) is 15.9. The first-order valence-corrected chi connectivity index (χ1v) is 10.2. The molecule has 1 atom stereocenters. The summed E-state index contributed by atoms with van der Waals surface area (Å²) in [7, 11) is -2.16. The van der Waals surface area contributed by atoms with E-state index < -0.39 is 35.8 Å². The van der Waals surface area contributed by atoms with Crippen LogP contribution in [-0.2, 0) is 20.5 Å². The number of nitrogens with zero attached hydrogens (tertiary/aromatic N) is 3. The van der Waals surface area contributed by atoms with Gasteiger partial charge in [0.25, 0.3) is 6.43 Å². The van der Waals surface area contributed by atoms with Crippen LogP contribution < -0.4 is 4.31 Å². The molecule has 2 heterocycles. The minimum atomic E-state index is -2.77. The average Bonchev–Trinajstić information content (AvgIpc) is 2.65. The van der Waals surface area contributed by atoms with E-state index in [0.717, 1.165) is 9.87 Å². The van der Waals surface area contributed by atoms with E-state index >= 15 is 0 Å². The van der Waals surface area contributed by atoms with Gasteiger partial charge in [-0.25, -0.2) is 23.0 Å². The maximum Gasteiger partial charge on any atom is 0.313 e. The molecule has 6 nitrogen and oxygen atoms in total. The van der Waals surface area contributed by atoms with Crippen LogP contribution >= 0.6 is 11.6 Å². The van der Waals surface area contributed by atoms with Crippen LogP contribution in [0.15, 0.2) is 30.6 Å². The van der Waals surface area contributed by atoms with Gasteiger partial charge in [-0.3, -0.25) is 9.10 Å². The van der Waals surface area contributed by atoms with E-state index in [2.05, 4.69) is 9.97 Å². The number of carbonyl (C=O) groups excluding carboxylic acids is 1. The number of anilines is 1. The summed E-state index contributed by atoms with van der Waals surface area (Å²) >= 11 is 6.36. The second-order valence-electron chi connectivity index (χ2n) is 6.65. The van der Waals surface area contributed by atoms with E-state index in [4.69, 9.17) is 16.3 Å². The van der Waals surface area contributed by atoms with E-state index in [1.807, 2.05) is 6.92 Å². The number of fused-ring (bicyclic) bond motifs is 1. The first kappa shape index (κ1) is 21.3. The number of benzene rings is 1. The molecule has 0 saturated heterocycles. The number of aromatic nitrogens is 2. The Kier molecular flexibility index (Phi) is 6.28. The molecule has 0 saturated carbocycles. The van der Waals surface area contributed by atoms with E-state index in [1.54, 1.807) is 32.0 Å². The molecule has 0 amide bonds. The molecule has 29 heavy (non-hydrogen) atoms. The Morgan fingerprint density at radius 3 is 2.59 bits per heavy atom. The van der Waals surface area contributed by atoms with Gasteiger partial charge in [0.1, 0.15) is 4.91 Å². The second-order valence-corrected chi connectivity index (χ2v) is 8.40. The number of rotatable bonds is 5. The van der Waals surface area contributed by atoms with Crippen molar-refractivity contribution in [2.45, 2.75) is 27.2 Å². The van der Waals surface area contributed by atoms with Crippen LogP contribution in [0.5, 0.6) is 0 Å². The summed E-state index contributed by atoms with van der Waals surface area (Å²) in [5.41, 5.74) is 1.21. The number of ether oxygens (including phenoxy) is 1. The lowest BCUT2D eigenvalue weighted by atomic mass is 10.1. The molecule has 1 aromatic heterocycles. The summed E-state index contributed by atoms with van der Waals surface area (Å²) in [6.45, 7) is 4.27. The molecule has 0 aliphatic carbocycles. The quantitative estimate of drug-likeness (QED) is 0.650. The van der Waals surface area contributed by atoms with Crippen molar-refractivity contribution in [2.75, 3.05) is 10.8 Å². The molecule has 1 unspecified atom stereocenters. The first-order valence-electron chi connectivity index (χ1n) is 8.72. The smallest absolute Gasteiger partial charge is 0.313 e. The molecule has 1 aliphatic heterocycles. The minimum absolute atomic E-state index is 0.00218. The molecule has 0 radical (unpaired) electrons. The number of halogens is 3. The monoisotopic (exact) mass is 441 g/mol. The van der Waals surface area contributed by atoms with Crippen molar-refractivity contribution in [2.24, 2.45) is 5.92 Å². The SMILES string of the molecule is Cc1ccc(C2=C(OC(=O)C(C)C)c3nccnc3N(CC(F)F)S2=O)c(Cl)c1. The Morgan fingerprint density at radius 1 is 1.28 bits per heavy atom. The van der Waals surface area contributed by atoms with Gasteiger partial charge in [0.2, 0.25) is 0 Å². The molecule has 1 aromatic carbocycles. The normalized spacial score (nSPS) is 16.4. The summed E-state index contributed by atoms with van der Waals surface area (Å²) in [4.78, 5) is 20.5. The van der Waals surface area contributed by atoms with Crippen LogP contribution in [0.4, 0.5) is 14.6 Å². The van der Waals surface area contributed by atoms with Crippen molar-refractivity contribution in [3.05, 3.63) is 52.4 Å². The van der Waals surface area contributed by atoms with Crippen LogP contribution in [0.25, 0.3) is 10.7 Å². The van der Waals surface area contributed by atoms with E-state index in [-0.39, 0.29) is 27.2 Å². The predicted octanol–water partition coefficient (Wildman–Crippen LogP) is 4.21. The highest BCUT2D eigenvalue weighted by atomic mass is 35.5. The summed E-state index contributed by atoms with van der Waals surface area (Å²) in [5.74, 6) is -1.22. The van der Waals surface area contributed by atoms with Crippen molar-refractivity contribution >= 4 is 45.0 Å². The molecule has 3 rings (SSSR count). The highest BCUT2D eigenvalue weighted by Gasteiger charge is 2.38. The Morgan fingerprint density at radius 2 is 1.97 bits per heavy atom. The zero-order valence-corrected chi connectivity index (χ0v) is 17.4. The maximum atomic E-state index is 13.4. The van der Waals surface area contributed by atoms with Gasteiger partial charge >= 0.3 is 5.97 Å². The fourth-order valence-corrected chi connectivity index (χ4v) is 4.47. The number of alkyl halides is 2. The van der Waals surface area contributed by atoms with E-state index in [0.29, 0.717) is 5.56 Å². The molecule has 0 spiro atoms. The zero-order chi connectivity index (χ0) is 21.3. The van der Waals surface area contributed by atoms with E-state index in [9.17, 15) is 17.8 Å². The van der Waals surface area contributed by atoms with Gasteiger partial charge in [0, 0.05) is 23.0 Å². The topological polar surface area (TPSA) is 72.4 Å². The molecule has 0 N–H and O–H groups in total. The summed E-state index contributed by atoms with van der Waals surface area (Å²) in [6.07, 6.45) is -0.144. The van der Waals surface area contributed by atoms with Crippen LogP contribution in [0.3, 0.4) is 0 Å². The number of hydrogen-bond acceptors (Lipinski definition) is 5. The Labute approximate surface area is 174 Å². The fourth-order valence-electron chi connectivity index (χ4n) is 2.66. The van der Waals surface area contributed by atoms with Gasteiger partial charge in [0.15, 0.2) is 28.3 Å². The van der Waals surface area contributed by atoms with Crippen molar-refractivity contribution in [3.63, 3.8) is 0 Å². The molecular formula is C19H18ClF2N3O3S. The lowest BCUT2D eigenvalue weighted by Gasteiger charge is -2.30. The third kappa shape index (κ3) is 4.30. The summed E-state index contributed by atoms with van der Waals surface area (Å²) < 4.78 is 46.2. The van der Waals surface area contributed by atoms with Gasteiger partial charge in [-0.1, -0.05) is 37.6 Å². The number of hydrogen-bond donors (Lipinski definition) is 0. The highest BCUT2D eigenvalue weighted by molar-refractivity contribution is 7.96. The summed E-state index contributed by atoms with van der Waals surface area (Å²) in [6, 6.07) is 4.99. The van der Waals surface area contributed by atoms with Crippen LogP contribution in [0, 0.1) is 12.8 Å². The number of esters is 1. The third-order valence-corrected chi connectivity index (χ3v) is 5.85. The van der Waals surface area contributed by atoms with Gasteiger partial charge < -0.3 is 4.74 Å². The molecule has 1 aliphatic rings. The van der Waals surface area contributed by atoms with Gasteiger partial charge in [-0.05, 0) is 18.6 Å². The molecular weight excluding hydrogens is 424 g/mol. The summed E-state index contributed by atoms with van der Waals surface area (Å²) in [5, 5.41) is 0.246. The number of aryl methyl sites for hydroxylation is 1. The Hall–Kier alpha value is -2.39. The molecule has 154 valence electrons. The lowest BCUT2D eigenvalue weighted by Crippen LogP contribution is -2.36. The highest BCUT2D eigenvalue weighted by Crippen LogP contribution is 2.42. The van der Waals surface area contributed by atoms with Crippen molar-refractivity contribution < 1.29 is 22.5 Å². The third-order valence-electron chi connectivity index (χ3n) is 4.06. The minimum Gasteiger partial charge on any atom is -0.422 e. The van der Waals surface area contributed by atoms with E-state index in [1.165, 1.54) is 12.4 Å². The van der Waals surface area contributed by atoms with Crippen LogP contribution in [0.1, 0.15) is 30.7 Å².